The van der Waals surface area contributed by atoms with Gasteiger partial charge in [-0.05, 0) is 38.8 Å². The van der Waals surface area contributed by atoms with Crippen LogP contribution in [0.3, 0.4) is 0 Å². The first-order chi connectivity index (χ1) is 11.0. The number of hydrogen-bond acceptors (Lipinski definition) is 6. The molecule has 0 saturated carbocycles. The van der Waals surface area contributed by atoms with E-state index in [1.54, 1.807) is 13.8 Å². The van der Waals surface area contributed by atoms with Gasteiger partial charge in [0.25, 0.3) is 0 Å². The monoisotopic (exact) mass is 322 g/mol. The lowest BCUT2D eigenvalue weighted by Crippen LogP contribution is -2.37. The second-order valence-electron chi connectivity index (χ2n) is 5.27. The predicted molar refractivity (Wildman–Crippen MR) is 87.5 cm³/mol. The molecule has 0 amide bonds. The molecule has 0 aliphatic rings. The molecule has 0 aliphatic carbocycles. The molecule has 1 aromatic carbocycles. The Labute approximate surface area is 137 Å². The van der Waals surface area contributed by atoms with E-state index >= 15 is 0 Å². The molecule has 0 spiro atoms. The Morgan fingerprint density at radius 3 is 2.52 bits per heavy atom. The Balaban J connectivity index is 2.16. The summed E-state index contributed by atoms with van der Waals surface area (Å²) in [6.45, 7) is 4.69. The molecule has 23 heavy (non-hydrogen) atoms. The van der Waals surface area contributed by atoms with Crippen molar-refractivity contribution in [1.29, 1.82) is 0 Å². The summed E-state index contributed by atoms with van der Waals surface area (Å²) in [5, 5.41) is 3.04. The Morgan fingerprint density at radius 1 is 1.17 bits per heavy atom. The fourth-order valence-corrected chi connectivity index (χ4v) is 1.94. The van der Waals surface area contributed by atoms with E-state index in [0.717, 1.165) is 5.56 Å². The third kappa shape index (κ3) is 7.76. The predicted octanol–water partition coefficient (Wildman–Crippen LogP) is 1.38. The quantitative estimate of drug-likeness (QED) is 0.499. The first kappa shape index (κ1) is 19.1. The maximum absolute atomic E-state index is 11.8. The van der Waals surface area contributed by atoms with Gasteiger partial charge in [0.15, 0.2) is 0 Å². The molecule has 6 nitrogen and oxygen atoms in total. The molecule has 128 valence electrons. The maximum atomic E-state index is 11.8. The van der Waals surface area contributed by atoms with Crippen LogP contribution in [0.15, 0.2) is 30.3 Å². The molecule has 1 rings (SSSR count). The van der Waals surface area contributed by atoms with Crippen LogP contribution in [-0.2, 0) is 25.7 Å². The molecule has 1 aromatic rings. The number of carbonyl (C=O) groups is 2. The van der Waals surface area contributed by atoms with Gasteiger partial charge in [-0.1, -0.05) is 30.3 Å². The number of ether oxygens (including phenoxy) is 2. The second kappa shape index (κ2) is 10.7. The molecule has 0 radical (unpaired) electrons. The Kier molecular flexibility index (Phi) is 8.94. The summed E-state index contributed by atoms with van der Waals surface area (Å²) in [5.41, 5.74) is 6.74. The highest BCUT2D eigenvalue weighted by Gasteiger charge is 2.16. The van der Waals surface area contributed by atoms with Crippen LogP contribution in [0.4, 0.5) is 0 Å². The fraction of sp³-hybridized carbons (Fsp3) is 0.529. The highest BCUT2D eigenvalue weighted by atomic mass is 16.5. The average molecular weight is 322 g/mol. The Bertz CT molecular complexity index is 479. The fourth-order valence-electron chi connectivity index (χ4n) is 1.94. The van der Waals surface area contributed by atoms with E-state index in [1.165, 1.54) is 0 Å². The lowest BCUT2D eigenvalue weighted by molar-refractivity contribution is -0.147. The molecule has 0 unspecified atom stereocenters. The van der Waals surface area contributed by atoms with Crippen molar-refractivity contribution in [3.63, 3.8) is 0 Å². The summed E-state index contributed by atoms with van der Waals surface area (Å²) in [6, 6.07) is 8.44. The normalized spacial score (nSPS) is 13.2. The summed E-state index contributed by atoms with van der Waals surface area (Å²) >= 11 is 0. The van der Waals surface area contributed by atoms with Crippen molar-refractivity contribution in [3.05, 3.63) is 35.9 Å². The molecule has 0 heterocycles. The molecule has 0 fully saturated rings. The zero-order valence-corrected chi connectivity index (χ0v) is 13.8. The van der Waals surface area contributed by atoms with Gasteiger partial charge in [0.05, 0.1) is 6.61 Å². The summed E-state index contributed by atoms with van der Waals surface area (Å²) in [5.74, 6) is -0.689. The van der Waals surface area contributed by atoms with Crippen LogP contribution in [0, 0.1) is 0 Å². The zero-order valence-electron chi connectivity index (χ0n) is 13.8. The Morgan fingerprint density at radius 2 is 1.87 bits per heavy atom. The van der Waals surface area contributed by atoms with Gasteiger partial charge in [-0.2, -0.15) is 0 Å². The standard InChI is InChI=1S/C17H26N2O4/c1-3-22-16(20)13(2)19-11-7-10-15(18)17(21)23-12-14-8-5-4-6-9-14/h4-6,8-9,13,15,19H,3,7,10-12,18H2,1-2H3/t13-,15+/m0/s1. The molecular formula is C17H26N2O4. The van der Waals surface area contributed by atoms with Crippen molar-refractivity contribution in [1.82, 2.24) is 5.32 Å². The highest BCUT2D eigenvalue weighted by Crippen LogP contribution is 2.03. The second-order valence-corrected chi connectivity index (χ2v) is 5.27. The van der Waals surface area contributed by atoms with Gasteiger partial charge in [0, 0.05) is 0 Å². The number of nitrogens with two attached hydrogens (primary N) is 1. The van der Waals surface area contributed by atoms with Gasteiger partial charge in [-0.15, -0.1) is 0 Å². The van der Waals surface area contributed by atoms with Gasteiger partial charge >= 0.3 is 11.9 Å². The summed E-state index contributed by atoms with van der Waals surface area (Å²) in [7, 11) is 0. The van der Waals surface area contributed by atoms with Crippen molar-refractivity contribution in [2.45, 2.75) is 45.4 Å². The number of benzene rings is 1. The van der Waals surface area contributed by atoms with E-state index < -0.39 is 12.0 Å². The van der Waals surface area contributed by atoms with Crippen molar-refractivity contribution in [2.24, 2.45) is 5.73 Å². The molecule has 0 aromatic heterocycles. The van der Waals surface area contributed by atoms with E-state index in [1.807, 2.05) is 30.3 Å². The number of esters is 2. The molecule has 2 atom stereocenters. The first-order valence-electron chi connectivity index (χ1n) is 7.90. The minimum Gasteiger partial charge on any atom is -0.465 e. The molecule has 0 saturated heterocycles. The Hall–Kier alpha value is -1.92. The highest BCUT2D eigenvalue weighted by molar-refractivity contribution is 5.75. The van der Waals surface area contributed by atoms with E-state index in [-0.39, 0.29) is 18.6 Å². The van der Waals surface area contributed by atoms with Crippen molar-refractivity contribution < 1.29 is 19.1 Å². The number of nitrogens with one attached hydrogen (secondary N) is 1. The van der Waals surface area contributed by atoms with Gasteiger partial charge in [0.1, 0.15) is 18.7 Å². The van der Waals surface area contributed by atoms with E-state index in [4.69, 9.17) is 15.2 Å². The van der Waals surface area contributed by atoms with Crippen LogP contribution in [0.2, 0.25) is 0 Å². The minimum absolute atomic E-state index is 0.228. The summed E-state index contributed by atoms with van der Waals surface area (Å²) in [6.07, 6.45) is 1.17. The van der Waals surface area contributed by atoms with E-state index in [9.17, 15) is 9.59 Å². The number of rotatable bonds is 10. The molecule has 0 aliphatic heterocycles. The van der Waals surface area contributed by atoms with Crippen molar-refractivity contribution in [2.75, 3.05) is 13.2 Å². The largest absolute Gasteiger partial charge is 0.465 e. The SMILES string of the molecule is CCOC(=O)[C@H](C)NCCC[C@@H](N)C(=O)OCc1ccccc1. The van der Waals surface area contributed by atoms with Gasteiger partial charge < -0.3 is 20.5 Å². The van der Waals surface area contributed by atoms with Crippen LogP contribution in [0.1, 0.15) is 32.3 Å². The molecule has 6 heteroatoms. The molecule has 3 N–H and O–H groups in total. The van der Waals surface area contributed by atoms with E-state index in [0.29, 0.717) is 26.0 Å². The first-order valence-corrected chi connectivity index (χ1v) is 7.90. The maximum Gasteiger partial charge on any atom is 0.323 e. The molecule has 0 bridgehead atoms. The average Bonchev–Trinajstić information content (AvgIpc) is 2.57. The van der Waals surface area contributed by atoms with Crippen LogP contribution >= 0.6 is 0 Å². The minimum atomic E-state index is -0.654. The van der Waals surface area contributed by atoms with Crippen molar-refractivity contribution >= 4 is 11.9 Å². The van der Waals surface area contributed by atoms with Gasteiger partial charge in [0.2, 0.25) is 0 Å². The van der Waals surface area contributed by atoms with Crippen LogP contribution in [0.25, 0.3) is 0 Å². The van der Waals surface area contributed by atoms with Crippen molar-refractivity contribution in [3.8, 4) is 0 Å². The topological polar surface area (TPSA) is 90.6 Å². The molecular weight excluding hydrogens is 296 g/mol. The lowest BCUT2D eigenvalue weighted by atomic mass is 10.1. The summed E-state index contributed by atoms with van der Waals surface area (Å²) in [4.78, 5) is 23.2. The third-order valence-corrected chi connectivity index (χ3v) is 3.31. The van der Waals surface area contributed by atoms with Crippen LogP contribution in [0.5, 0.6) is 0 Å². The number of carbonyl (C=O) groups excluding carboxylic acids is 2. The number of hydrogen-bond donors (Lipinski definition) is 2. The van der Waals surface area contributed by atoms with E-state index in [2.05, 4.69) is 5.32 Å². The van der Waals surface area contributed by atoms with Crippen LogP contribution in [-0.4, -0.2) is 37.2 Å². The lowest BCUT2D eigenvalue weighted by Gasteiger charge is -2.14. The van der Waals surface area contributed by atoms with Crippen LogP contribution < -0.4 is 11.1 Å². The van der Waals surface area contributed by atoms with Gasteiger partial charge in [-0.3, -0.25) is 9.59 Å². The zero-order chi connectivity index (χ0) is 17.1. The summed E-state index contributed by atoms with van der Waals surface area (Å²) < 4.78 is 10.1. The smallest absolute Gasteiger partial charge is 0.323 e. The third-order valence-electron chi connectivity index (χ3n) is 3.31. The van der Waals surface area contributed by atoms with Gasteiger partial charge in [-0.25, -0.2) is 0 Å².